The molecule has 0 fully saturated rings. The Morgan fingerprint density at radius 3 is 2.44 bits per heavy atom. The molecular weight excluding hydrogens is 491 g/mol. The van der Waals surface area contributed by atoms with Crippen molar-refractivity contribution >= 4 is 34.9 Å². The molecule has 0 unspecified atom stereocenters. The summed E-state index contributed by atoms with van der Waals surface area (Å²) in [6.45, 7) is 5.71. The molecule has 192 valence electrons. The smallest absolute Gasteiger partial charge is 0.402 e. The second-order valence-corrected chi connectivity index (χ2v) is 9.61. The summed E-state index contributed by atoms with van der Waals surface area (Å²) in [6, 6.07) is 11.3. The van der Waals surface area contributed by atoms with Crippen molar-refractivity contribution in [3.63, 3.8) is 0 Å². The zero-order valence-corrected chi connectivity index (χ0v) is 21.6. The van der Waals surface area contributed by atoms with Gasteiger partial charge in [-0.15, -0.1) is 0 Å². The Hall–Kier alpha value is -3.13. The fourth-order valence-corrected chi connectivity index (χ4v) is 3.71. The van der Waals surface area contributed by atoms with E-state index >= 15 is 0 Å². The number of carbonyl (C=O) groups is 1. The summed E-state index contributed by atoms with van der Waals surface area (Å²) >= 11 is 6.44. The molecular formula is C27H29ClF3N3O2. The van der Waals surface area contributed by atoms with Crippen molar-refractivity contribution in [2.75, 3.05) is 7.11 Å². The lowest BCUT2D eigenvalue weighted by atomic mass is 9.91. The number of halogens is 4. The lowest BCUT2D eigenvalue weighted by molar-refractivity contribution is -0.211. The number of alkyl halides is 3. The summed E-state index contributed by atoms with van der Waals surface area (Å²) in [7, 11) is 1.48. The van der Waals surface area contributed by atoms with Crippen LogP contribution in [0.4, 0.5) is 13.2 Å². The number of amidine groups is 1. The van der Waals surface area contributed by atoms with Crippen LogP contribution < -0.4 is 5.32 Å². The van der Waals surface area contributed by atoms with Crippen LogP contribution in [0.25, 0.3) is 5.70 Å². The van der Waals surface area contributed by atoms with E-state index in [0.717, 1.165) is 25.1 Å². The largest absolute Gasteiger partial charge is 0.467 e. The molecule has 0 spiro atoms. The fraction of sp³-hybridized carbons (Fsp3) is 0.370. The zero-order chi connectivity index (χ0) is 26.7. The van der Waals surface area contributed by atoms with E-state index in [0.29, 0.717) is 34.7 Å². The van der Waals surface area contributed by atoms with Crippen molar-refractivity contribution < 1.29 is 22.7 Å². The molecule has 0 saturated carbocycles. The number of nitrogens with one attached hydrogen (secondary N) is 1. The highest BCUT2D eigenvalue weighted by molar-refractivity contribution is 6.32. The predicted octanol–water partition coefficient (Wildman–Crippen LogP) is 6.79. The van der Waals surface area contributed by atoms with Crippen LogP contribution in [0.1, 0.15) is 54.5 Å². The molecule has 0 bridgehead atoms. The van der Waals surface area contributed by atoms with Gasteiger partial charge < -0.3 is 10.1 Å². The summed E-state index contributed by atoms with van der Waals surface area (Å²) < 4.78 is 44.9. The minimum absolute atomic E-state index is 0.0916. The van der Waals surface area contributed by atoms with Crippen LogP contribution in [-0.4, -0.2) is 30.9 Å². The number of amides is 1. The van der Waals surface area contributed by atoms with Crippen molar-refractivity contribution in [3.8, 4) is 0 Å². The number of nitrogens with zero attached hydrogens (tertiary/aromatic N) is 2. The lowest BCUT2D eigenvalue weighted by Gasteiger charge is -2.26. The van der Waals surface area contributed by atoms with E-state index in [2.05, 4.69) is 34.4 Å². The van der Waals surface area contributed by atoms with Crippen molar-refractivity contribution in [2.24, 2.45) is 15.4 Å². The Kier molecular flexibility index (Phi) is 8.29. The van der Waals surface area contributed by atoms with Gasteiger partial charge in [0.1, 0.15) is 5.41 Å². The highest BCUT2D eigenvalue weighted by Gasteiger charge is 2.52. The molecule has 0 atom stereocenters. The van der Waals surface area contributed by atoms with E-state index in [-0.39, 0.29) is 12.6 Å². The first-order chi connectivity index (χ1) is 16.8. The van der Waals surface area contributed by atoms with Crippen LogP contribution in [-0.2, 0) is 16.1 Å². The van der Waals surface area contributed by atoms with Crippen LogP contribution in [0.15, 0.2) is 52.5 Å². The Morgan fingerprint density at radius 2 is 1.81 bits per heavy atom. The van der Waals surface area contributed by atoms with E-state index in [1.807, 2.05) is 19.1 Å². The molecule has 3 rings (SSSR count). The first kappa shape index (κ1) is 27.5. The van der Waals surface area contributed by atoms with E-state index in [4.69, 9.17) is 16.3 Å². The maximum Gasteiger partial charge on any atom is 0.402 e. The Morgan fingerprint density at radius 1 is 1.08 bits per heavy atom. The van der Waals surface area contributed by atoms with Gasteiger partial charge in [0, 0.05) is 17.1 Å². The third-order valence-corrected chi connectivity index (χ3v) is 6.55. The molecule has 1 aliphatic heterocycles. The fourth-order valence-electron chi connectivity index (χ4n) is 3.49. The van der Waals surface area contributed by atoms with E-state index in [9.17, 15) is 18.0 Å². The Labute approximate surface area is 214 Å². The van der Waals surface area contributed by atoms with E-state index in [1.54, 1.807) is 18.2 Å². The minimum atomic E-state index is -4.66. The number of hydrogen-bond donors (Lipinski definition) is 1. The van der Waals surface area contributed by atoms with Crippen LogP contribution in [0.2, 0.25) is 5.02 Å². The number of hydrogen-bond acceptors (Lipinski definition) is 4. The lowest BCUT2D eigenvalue weighted by Crippen LogP contribution is -2.46. The van der Waals surface area contributed by atoms with Gasteiger partial charge in [-0.05, 0) is 81.0 Å². The maximum absolute atomic E-state index is 13.2. The van der Waals surface area contributed by atoms with Gasteiger partial charge in [0.25, 0.3) is 0 Å². The summed E-state index contributed by atoms with van der Waals surface area (Å²) in [4.78, 5) is 21.4. The highest BCUT2D eigenvalue weighted by Crippen LogP contribution is 2.37. The van der Waals surface area contributed by atoms with Gasteiger partial charge in [-0.2, -0.15) is 23.2 Å². The molecule has 36 heavy (non-hydrogen) atoms. The number of ether oxygens (including phenoxy) is 1. The van der Waals surface area contributed by atoms with Gasteiger partial charge in [0.2, 0.25) is 5.91 Å². The van der Waals surface area contributed by atoms with Crippen molar-refractivity contribution in [2.45, 2.75) is 53.3 Å². The maximum atomic E-state index is 13.2. The molecule has 0 radical (unpaired) electrons. The standard InChI is InChI=1S/C27H29ClF3N3O2/c1-16-9-11-19(13-17(16)2)22-7-6-8-23(34-25(33-22)36-5)20-14-18(10-12-21(20)28)15-32-24(35)26(3,4)27(29,30)31/h8-14H,6-7,15H2,1-5H3,(H,32,35)/b23-8+,33-22+,34-25+. The summed E-state index contributed by atoms with van der Waals surface area (Å²) in [6.07, 6.45) is -1.45. The number of aliphatic imine (C=N–C) groups is 2. The second kappa shape index (κ2) is 10.9. The number of benzene rings is 2. The Balaban J connectivity index is 1.87. The highest BCUT2D eigenvalue weighted by atomic mass is 35.5. The molecule has 1 heterocycles. The first-order valence-corrected chi connectivity index (χ1v) is 11.8. The number of carbonyl (C=O) groups excluding carboxylic acids is 1. The molecule has 5 nitrogen and oxygen atoms in total. The van der Waals surface area contributed by atoms with E-state index < -0.39 is 17.5 Å². The van der Waals surface area contributed by atoms with Gasteiger partial charge in [0.05, 0.1) is 18.5 Å². The van der Waals surface area contributed by atoms with Crippen molar-refractivity contribution in [3.05, 3.63) is 75.3 Å². The third kappa shape index (κ3) is 6.16. The summed E-state index contributed by atoms with van der Waals surface area (Å²) in [5, 5.41) is 2.77. The quantitative estimate of drug-likeness (QED) is 0.473. The van der Waals surface area contributed by atoms with Gasteiger partial charge in [0.15, 0.2) is 0 Å². The molecule has 2 aromatic carbocycles. The summed E-state index contributed by atoms with van der Waals surface area (Å²) in [5.74, 6) is -1.11. The van der Waals surface area contributed by atoms with Crippen molar-refractivity contribution in [1.29, 1.82) is 0 Å². The Bertz CT molecular complexity index is 1250. The molecule has 1 N–H and O–H groups in total. The van der Waals surface area contributed by atoms with Crippen LogP contribution >= 0.6 is 11.6 Å². The van der Waals surface area contributed by atoms with Crippen LogP contribution in [0.5, 0.6) is 0 Å². The molecule has 1 amide bonds. The first-order valence-electron chi connectivity index (χ1n) is 11.5. The third-order valence-electron chi connectivity index (χ3n) is 6.22. The average molecular weight is 520 g/mol. The topological polar surface area (TPSA) is 63.0 Å². The molecule has 1 aliphatic rings. The van der Waals surface area contributed by atoms with E-state index in [1.165, 1.54) is 18.2 Å². The van der Waals surface area contributed by atoms with Gasteiger partial charge >= 0.3 is 12.2 Å². The van der Waals surface area contributed by atoms with Crippen LogP contribution in [0, 0.1) is 19.3 Å². The number of rotatable bonds is 5. The average Bonchev–Trinajstić information content (AvgIpc) is 2.80. The minimum Gasteiger partial charge on any atom is -0.467 e. The van der Waals surface area contributed by atoms with Gasteiger partial charge in [-0.3, -0.25) is 4.79 Å². The molecule has 9 heteroatoms. The normalized spacial score (nSPS) is 19.1. The monoisotopic (exact) mass is 519 g/mol. The number of aryl methyl sites for hydroxylation is 2. The summed E-state index contributed by atoms with van der Waals surface area (Å²) in [5.41, 5.74) is 3.38. The van der Waals surface area contributed by atoms with Gasteiger partial charge in [-0.1, -0.05) is 35.9 Å². The number of allylic oxidation sites excluding steroid dienone is 1. The second-order valence-electron chi connectivity index (χ2n) is 9.20. The SMILES string of the molecule is COC1=N/C(c2cc(CNC(=O)C(C)(C)C(F)(F)F)ccc2Cl)=C/CC/C(c2ccc(C)c(C)c2)=N\1. The zero-order valence-electron chi connectivity index (χ0n) is 20.9. The van der Waals surface area contributed by atoms with Gasteiger partial charge in [-0.25, -0.2) is 0 Å². The molecule has 0 saturated heterocycles. The molecule has 0 aromatic heterocycles. The molecule has 2 aromatic rings. The van der Waals surface area contributed by atoms with Crippen molar-refractivity contribution in [1.82, 2.24) is 5.32 Å². The number of methoxy groups -OCH3 is 1. The van der Waals surface area contributed by atoms with Crippen LogP contribution in [0.3, 0.4) is 0 Å². The predicted molar refractivity (Wildman–Crippen MR) is 137 cm³/mol. The molecule has 0 aliphatic carbocycles.